The fourth-order valence-corrected chi connectivity index (χ4v) is 2.57. The SMILES string of the molecule is CC(C)COc1cccc(NCC(=O)Nc2ccc(NC(=O)CC(C)C)cc2)c1. The molecule has 0 bridgehead atoms. The zero-order chi connectivity index (χ0) is 21.2. The zero-order valence-corrected chi connectivity index (χ0v) is 17.6. The number of nitrogens with one attached hydrogen (secondary N) is 3. The zero-order valence-electron chi connectivity index (χ0n) is 17.6. The summed E-state index contributed by atoms with van der Waals surface area (Å²) in [5.74, 6) is 1.37. The predicted octanol–water partition coefficient (Wildman–Crippen LogP) is 4.76. The highest BCUT2D eigenvalue weighted by molar-refractivity contribution is 5.94. The van der Waals surface area contributed by atoms with Crippen molar-refractivity contribution in [2.24, 2.45) is 11.8 Å². The summed E-state index contributed by atoms with van der Waals surface area (Å²) in [5.41, 5.74) is 2.21. The number of benzene rings is 2. The summed E-state index contributed by atoms with van der Waals surface area (Å²) in [6.07, 6.45) is 0.480. The van der Waals surface area contributed by atoms with Crippen molar-refractivity contribution in [2.75, 3.05) is 29.1 Å². The van der Waals surface area contributed by atoms with Gasteiger partial charge in [-0.3, -0.25) is 9.59 Å². The minimum absolute atomic E-state index is 0.0133. The van der Waals surface area contributed by atoms with E-state index >= 15 is 0 Å². The quantitative estimate of drug-likeness (QED) is 0.540. The number of carbonyl (C=O) groups is 2. The first kappa shape index (κ1) is 22.3. The van der Waals surface area contributed by atoms with Crippen LogP contribution in [0.3, 0.4) is 0 Å². The average Bonchev–Trinajstić information content (AvgIpc) is 2.66. The Morgan fingerprint density at radius 3 is 2.03 bits per heavy atom. The van der Waals surface area contributed by atoms with Gasteiger partial charge in [0.1, 0.15) is 5.75 Å². The fourth-order valence-electron chi connectivity index (χ4n) is 2.57. The van der Waals surface area contributed by atoms with E-state index in [1.54, 1.807) is 24.3 Å². The van der Waals surface area contributed by atoms with Gasteiger partial charge in [-0.1, -0.05) is 33.8 Å². The number of rotatable bonds is 10. The summed E-state index contributed by atoms with van der Waals surface area (Å²) in [5, 5.41) is 8.78. The molecule has 2 amide bonds. The standard InChI is InChI=1S/C23H31N3O3/c1-16(2)12-22(27)25-18-8-10-19(11-9-18)26-23(28)14-24-20-6-5-7-21(13-20)29-15-17(3)4/h5-11,13,16-17,24H,12,14-15H2,1-4H3,(H,25,27)(H,26,28). The number of ether oxygens (including phenoxy) is 1. The first-order chi connectivity index (χ1) is 13.8. The van der Waals surface area contributed by atoms with Crippen molar-refractivity contribution in [3.8, 4) is 5.75 Å². The lowest BCUT2D eigenvalue weighted by molar-refractivity contribution is -0.117. The minimum Gasteiger partial charge on any atom is -0.493 e. The maximum absolute atomic E-state index is 12.2. The molecule has 2 aromatic rings. The van der Waals surface area contributed by atoms with E-state index in [-0.39, 0.29) is 18.4 Å². The molecular weight excluding hydrogens is 366 g/mol. The Hall–Kier alpha value is -3.02. The molecule has 0 radical (unpaired) electrons. The summed E-state index contributed by atoms with van der Waals surface area (Å²) in [6, 6.07) is 14.6. The summed E-state index contributed by atoms with van der Waals surface area (Å²) >= 11 is 0. The topological polar surface area (TPSA) is 79.5 Å². The molecule has 0 aliphatic carbocycles. The van der Waals surface area contributed by atoms with Gasteiger partial charge in [0.2, 0.25) is 11.8 Å². The molecule has 0 unspecified atom stereocenters. The molecule has 156 valence electrons. The molecule has 2 rings (SSSR count). The van der Waals surface area contributed by atoms with Crippen molar-refractivity contribution in [3.63, 3.8) is 0 Å². The molecule has 0 saturated carbocycles. The third-order valence-electron chi connectivity index (χ3n) is 3.92. The van der Waals surface area contributed by atoms with Gasteiger partial charge in [-0.15, -0.1) is 0 Å². The van der Waals surface area contributed by atoms with Crippen LogP contribution in [0, 0.1) is 11.8 Å². The van der Waals surface area contributed by atoms with Crippen molar-refractivity contribution in [3.05, 3.63) is 48.5 Å². The summed E-state index contributed by atoms with van der Waals surface area (Å²) in [6.45, 7) is 8.98. The Morgan fingerprint density at radius 1 is 0.828 bits per heavy atom. The highest BCUT2D eigenvalue weighted by Gasteiger charge is 2.07. The molecule has 3 N–H and O–H groups in total. The van der Waals surface area contributed by atoms with E-state index in [2.05, 4.69) is 29.8 Å². The number of amides is 2. The van der Waals surface area contributed by atoms with E-state index in [9.17, 15) is 9.59 Å². The lowest BCUT2D eigenvalue weighted by Gasteiger charge is -2.12. The Kier molecular flexibility index (Phi) is 8.52. The van der Waals surface area contributed by atoms with Crippen LogP contribution in [0.15, 0.2) is 48.5 Å². The van der Waals surface area contributed by atoms with Crippen molar-refractivity contribution in [2.45, 2.75) is 34.1 Å². The van der Waals surface area contributed by atoms with Gasteiger partial charge in [-0.05, 0) is 48.2 Å². The van der Waals surface area contributed by atoms with E-state index in [4.69, 9.17) is 4.74 Å². The summed E-state index contributed by atoms with van der Waals surface area (Å²) in [4.78, 5) is 24.0. The van der Waals surface area contributed by atoms with Crippen molar-refractivity contribution >= 4 is 28.9 Å². The van der Waals surface area contributed by atoms with Gasteiger partial charge >= 0.3 is 0 Å². The molecule has 0 fully saturated rings. The average molecular weight is 398 g/mol. The van der Waals surface area contributed by atoms with Crippen LogP contribution in [0.4, 0.5) is 17.1 Å². The second-order valence-electron chi connectivity index (χ2n) is 7.86. The maximum Gasteiger partial charge on any atom is 0.243 e. The molecule has 0 aliphatic rings. The van der Waals surface area contributed by atoms with Gasteiger partial charge in [0.05, 0.1) is 13.2 Å². The van der Waals surface area contributed by atoms with E-state index in [0.717, 1.165) is 11.4 Å². The smallest absolute Gasteiger partial charge is 0.243 e. The Balaban J connectivity index is 1.80. The van der Waals surface area contributed by atoms with Crippen LogP contribution in [-0.4, -0.2) is 25.0 Å². The van der Waals surface area contributed by atoms with Crippen LogP contribution < -0.4 is 20.7 Å². The fraction of sp³-hybridized carbons (Fsp3) is 0.391. The van der Waals surface area contributed by atoms with Crippen molar-refractivity contribution in [1.82, 2.24) is 0 Å². The Labute approximate surface area is 173 Å². The third kappa shape index (κ3) is 8.68. The minimum atomic E-state index is -0.157. The van der Waals surface area contributed by atoms with Gasteiger partial charge in [-0.2, -0.15) is 0 Å². The van der Waals surface area contributed by atoms with Gasteiger partial charge in [0.15, 0.2) is 0 Å². The summed E-state index contributed by atoms with van der Waals surface area (Å²) < 4.78 is 5.70. The molecule has 0 saturated heterocycles. The van der Waals surface area contributed by atoms with Crippen molar-refractivity contribution < 1.29 is 14.3 Å². The first-order valence-electron chi connectivity index (χ1n) is 9.98. The van der Waals surface area contributed by atoms with E-state index in [1.807, 2.05) is 38.1 Å². The van der Waals surface area contributed by atoms with Crippen molar-refractivity contribution in [1.29, 1.82) is 0 Å². The molecular formula is C23H31N3O3. The number of carbonyl (C=O) groups excluding carboxylic acids is 2. The monoisotopic (exact) mass is 397 g/mol. The third-order valence-corrected chi connectivity index (χ3v) is 3.92. The molecule has 6 heteroatoms. The van der Waals surface area contributed by atoms with E-state index < -0.39 is 0 Å². The van der Waals surface area contributed by atoms with Gasteiger partial charge < -0.3 is 20.7 Å². The predicted molar refractivity (Wildman–Crippen MR) is 118 cm³/mol. The van der Waals surface area contributed by atoms with Crippen LogP contribution in [0.1, 0.15) is 34.1 Å². The number of hydrogen-bond donors (Lipinski definition) is 3. The van der Waals surface area contributed by atoms with Crippen LogP contribution in [0.2, 0.25) is 0 Å². The molecule has 2 aromatic carbocycles. The number of hydrogen-bond acceptors (Lipinski definition) is 4. The molecule has 0 atom stereocenters. The molecule has 29 heavy (non-hydrogen) atoms. The second-order valence-corrected chi connectivity index (χ2v) is 7.86. The molecule has 0 heterocycles. The van der Waals surface area contributed by atoms with Gasteiger partial charge in [0, 0.05) is 29.5 Å². The molecule has 0 aromatic heterocycles. The highest BCUT2D eigenvalue weighted by Crippen LogP contribution is 2.18. The van der Waals surface area contributed by atoms with Crippen LogP contribution in [-0.2, 0) is 9.59 Å². The Bertz CT molecular complexity index is 801. The van der Waals surface area contributed by atoms with E-state index in [0.29, 0.717) is 36.2 Å². The first-order valence-corrected chi connectivity index (χ1v) is 9.98. The summed E-state index contributed by atoms with van der Waals surface area (Å²) in [7, 11) is 0. The van der Waals surface area contributed by atoms with Crippen LogP contribution in [0.5, 0.6) is 5.75 Å². The largest absolute Gasteiger partial charge is 0.493 e. The van der Waals surface area contributed by atoms with Gasteiger partial charge in [0.25, 0.3) is 0 Å². The van der Waals surface area contributed by atoms with Crippen LogP contribution in [0.25, 0.3) is 0 Å². The molecule has 6 nitrogen and oxygen atoms in total. The van der Waals surface area contributed by atoms with Crippen LogP contribution >= 0.6 is 0 Å². The normalized spacial score (nSPS) is 10.7. The number of anilines is 3. The lowest BCUT2D eigenvalue weighted by atomic mass is 10.1. The van der Waals surface area contributed by atoms with E-state index in [1.165, 1.54) is 0 Å². The second kappa shape index (κ2) is 11.1. The highest BCUT2D eigenvalue weighted by atomic mass is 16.5. The van der Waals surface area contributed by atoms with Gasteiger partial charge in [-0.25, -0.2) is 0 Å². The Morgan fingerprint density at radius 2 is 1.45 bits per heavy atom. The lowest BCUT2D eigenvalue weighted by Crippen LogP contribution is -2.21. The maximum atomic E-state index is 12.2. The molecule has 0 aliphatic heterocycles. The molecule has 0 spiro atoms.